The summed E-state index contributed by atoms with van der Waals surface area (Å²) in [6.45, 7) is 0. The Morgan fingerprint density at radius 3 is 2.65 bits per heavy atom. The number of H-pyrrole nitrogens is 1. The number of benzene rings is 1. The number of nitrogens with two attached hydrogens (primary N) is 1. The Morgan fingerprint density at radius 2 is 2.04 bits per heavy atom. The molecule has 2 amide bonds. The van der Waals surface area contributed by atoms with Gasteiger partial charge >= 0.3 is 0 Å². The Balaban J connectivity index is 2.10. The zero-order valence-corrected chi connectivity index (χ0v) is 12.3. The van der Waals surface area contributed by atoms with E-state index in [0.717, 1.165) is 0 Å². The minimum Gasteiger partial charge on any atom is -0.364 e. The second-order valence-electron chi connectivity index (χ2n) is 4.14. The first-order chi connectivity index (χ1) is 11.0. The van der Waals surface area contributed by atoms with Crippen LogP contribution in [0.1, 0.15) is 10.5 Å². The third kappa shape index (κ3) is 4.05. The Kier molecular flexibility index (Phi) is 4.91. The maximum atomic E-state index is 11.9. The zero-order valence-electron chi connectivity index (χ0n) is 11.5. The van der Waals surface area contributed by atoms with Gasteiger partial charge in [0.15, 0.2) is 5.82 Å². The first-order valence-corrected chi connectivity index (χ1v) is 6.53. The average Bonchev–Trinajstić information content (AvgIpc) is 2.99. The van der Waals surface area contributed by atoms with Crippen LogP contribution >= 0.6 is 11.6 Å². The van der Waals surface area contributed by atoms with Gasteiger partial charge in [-0.15, -0.1) is 0 Å². The number of imidazole rings is 1. The van der Waals surface area contributed by atoms with E-state index >= 15 is 0 Å². The van der Waals surface area contributed by atoms with Crippen LogP contribution in [0, 0.1) is 11.3 Å². The highest BCUT2D eigenvalue weighted by molar-refractivity contribution is 6.48. The number of rotatable bonds is 5. The van der Waals surface area contributed by atoms with Crippen LogP contribution in [0.5, 0.6) is 0 Å². The van der Waals surface area contributed by atoms with Crippen molar-refractivity contribution in [3.8, 4) is 6.07 Å². The van der Waals surface area contributed by atoms with E-state index in [1.165, 1.54) is 6.33 Å². The molecule has 5 N–H and O–H groups in total. The monoisotopic (exact) mass is 331 g/mol. The van der Waals surface area contributed by atoms with E-state index in [1.54, 1.807) is 30.3 Å². The van der Waals surface area contributed by atoms with Gasteiger partial charge in [-0.1, -0.05) is 11.6 Å². The minimum absolute atomic E-state index is 0.00421. The lowest BCUT2D eigenvalue weighted by atomic mass is 10.3. The molecule has 9 nitrogen and oxygen atoms in total. The number of carbonyl (C=O) groups excluding carboxylic acids is 2. The van der Waals surface area contributed by atoms with Gasteiger partial charge in [0, 0.05) is 10.7 Å². The van der Waals surface area contributed by atoms with Gasteiger partial charge in [0.05, 0.1) is 6.33 Å². The number of aromatic amines is 1. The molecule has 0 aliphatic rings. The lowest BCUT2D eigenvalue weighted by molar-refractivity contribution is -0.110. The third-order valence-electron chi connectivity index (χ3n) is 2.58. The molecule has 2 aromatic rings. The lowest BCUT2D eigenvalue weighted by Gasteiger charge is -2.04. The summed E-state index contributed by atoms with van der Waals surface area (Å²) in [5.41, 5.74) is 7.42. The number of halogens is 1. The molecule has 2 rings (SSSR count). The summed E-state index contributed by atoms with van der Waals surface area (Å²) in [5, 5.41) is 15.6. The second-order valence-corrected chi connectivity index (χ2v) is 4.57. The van der Waals surface area contributed by atoms with Gasteiger partial charge in [-0.25, -0.2) is 4.98 Å². The van der Waals surface area contributed by atoms with Gasteiger partial charge in [-0.05, 0) is 24.3 Å². The number of nitrogens with zero attached hydrogens (tertiary/aromatic N) is 3. The molecular formula is C13H10ClN7O2. The quantitative estimate of drug-likeness (QED) is 0.478. The molecule has 0 aliphatic carbocycles. The smallest absolute Gasteiger partial charge is 0.287 e. The number of amides is 2. The molecule has 23 heavy (non-hydrogen) atoms. The number of aromatic nitrogens is 2. The van der Waals surface area contributed by atoms with Crippen molar-refractivity contribution in [1.29, 1.82) is 5.26 Å². The molecule has 0 saturated carbocycles. The summed E-state index contributed by atoms with van der Waals surface area (Å²) in [5.74, 6) is -1.49. The van der Waals surface area contributed by atoms with Gasteiger partial charge in [0.1, 0.15) is 11.8 Å². The predicted molar refractivity (Wildman–Crippen MR) is 83.9 cm³/mol. The van der Waals surface area contributed by atoms with E-state index in [9.17, 15) is 9.59 Å². The van der Waals surface area contributed by atoms with Crippen LogP contribution < -0.4 is 16.5 Å². The summed E-state index contributed by atoms with van der Waals surface area (Å²) >= 11 is 5.74. The van der Waals surface area contributed by atoms with Gasteiger partial charge in [-0.3, -0.25) is 15.0 Å². The number of primary amides is 1. The summed E-state index contributed by atoms with van der Waals surface area (Å²) in [6.07, 6.45) is 1.22. The van der Waals surface area contributed by atoms with Crippen LogP contribution in [-0.2, 0) is 4.79 Å². The fourth-order valence-electron chi connectivity index (χ4n) is 1.53. The molecule has 1 aromatic heterocycles. The van der Waals surface area contributed by atoms with Gasteiger partial charge < -0.3 is 16.0 Å². The maximum absolute atomic E-state index is 11.9. The van der Waals surface area contributed by atoms with Crippen LogP contribution in [0.2, 0.25) is 5.02 Å². The first-order valence-electron chi connectivity index (χ1n) is 6.15. The number of anilines is 2. The summed E-state index contributed by atoms with van der Waals surface area (Å²) < 4.78 is 0. The van der Waals surface area contributed by atoms with Crippen molar-refractivity contribution in [1.82, 2.24) is 9.97 Å². The van der Waals surface area contributed by atoms with Crippen LogP contribution in [0.4, 0.5) is 11.5 Å². The Bertz CT molecular complexity index is 804. The summed E-state index contributed by atoms with van der Waals surface area (Å²) in [4.78, 5) is 29.3. The third-order valence-corrected chi connectivity index (χ3v) is 2.83. The van der Waals surface area contributed by atoms with E-state index in [1.807, 2.05) is 0 Å². The van der Waals surface area contributed by atoms with Crippen molar-refractivity contribution < 1.29 is 9.59 Å². The molecule has 0 radical (unpaired) electrons. The Morgan fingerprint density at radius 1 is 1.35 bits per heavy atom. The molecule has 10 heteroatoms. The van der Waals surface area contributed by atoms with Crippen molar-refractivity contribution in [2.75, 3.05) is 10.7 Å². The second kappa shape index (κ2) is 7.06. The maximum Gasteiger partial charge on any atom is 0.287 e. The molecule has 0 spiro atoms. The van der Waals surface area contributed by atoms with E-state index < -0.39 is 17.5 Å². The molecule has 1 aromatic carbocycles. The fourth-order valence-corrected chi connectivity index (χ4v) is 1.65. The normalized spacial score (nSPS) is 10.7. The number of nitrogens with one attached hydrogen (secondary N) is 3. The van der Waals surface area contributed by atoms with E-state index in [4.69, 9.17) is 22.6 Å². The van der Waals surface area contributed by atoms with Crippen LogP contribution in [0.15, 0.2) is 35.7 Å². The van der Waals surface area contributed by atoms with Gasteiger partial charge in [0.25, 0.3) is 11.8 Å². The highest BCUT2D eigenvalue weighted by Crippen LogP contribution is 2.13. The summed E-state index contributed by atoms with van der Waals surface area (Å²) in [6, 6.07) is 7.95. The molecule has 0 atom stereocenters. The topological polar surface area (TPSA) is 149 Å². The molecule has 0 unspecified atom stereocenters. The largest absolute Gasteiger partial charge is 0.364 e. The van der Waals surface area contributed by atoms with Crippen molar-refractivity contribution in [2.45, 2.75) is 0 Å². The highest BCUT2D eigenvalue weighted by atomic mass is 35.5. The van der Waals surface area contributed by atoms with E-state index in [0.29, 0.717) is 10.7 Å². The van der Waals surface area contributed by atoms with Gasteiger partial charge in [-0.2, -0.15) is 10.4 Å². The molecule has 0 aliphatic heterocycles. The number of hydrazone groups is 1. The predicted octanol–water partition coefficient (Wildman–Crippen LogP) is 1.09. The van der Waals surface area contributed by atoms with Gasteiger partial charge in [0.2, 0.25) is 5.71 Å². The number of nitriles is 1. The highest BCUT2D eigenvalue weighted by Gasteiger charge is 2.14. The molecule has 116 valence electrons. The van der Waals surface area contributed by atoms with Crippen LogP contribution in [0.25, 0.3) is 0 Å². The average molecular weight is 332 g/mol. The minimum atomic E-state index is -0.760. The van der Waals surface area contributed by atoms with Crippen molar-refractivity contribution in [2.24, 2.45) is 10.8 Å². The molecule has 1 heterocycles. The van der Waals surface area contributed by atoms with Crippen LogP contribution in [0.3, 0.4) is 0 Å². The zero-order chi connectivity index (χ0) is 16.8. The Hall–Kier alpha value is -3.38. The van der Waals surface area contributed by atoms with Crippen molar-refractivity contribution in [3.05, 3.63) is 41.3 Å². The Labute approximate surface area is 135 Å². The number of hydrogen-bond acceptors (Lipinski definition) is 6. The van der Waals surface area contributed by atoms with Crippen LogP contribution in [-0.4, -0.2) is 27.5 Å². The standard InChI is InChI=1S/C13H10ClN7O2/c14-7-1-3-8(4-2-7)19-13(23)9(5-15)20-21-12-10(11(16)22)17-6-18-12/h1-4,6,21H,(H2,16,22)(H,17,18)(H,19,23)/b20-9-. The molecule has 0 fully saturated rings. The van der Waals surface area contributed by atoms with Crippen molar-refractivity contribution in [3.63, 3.8) is 0 Å². The van der Waals surface area contributed by atoms with Crippen molar-refractivity contribution >= 4 is 40.6 Å². The van der Waals surface area contributed by atoms with E-state index in [-0.39, 0.29) is 11.5 Å². The van der Waals surface area contributed by atoms with E-state index in [2.05, 4.69) is 25.8 Å². The molecule has 0 saturated heterocycles. The fraction of sp³-hybridized carbons (Fsp3) is 0. The lowest BCUT2D eigenvalue weighted by Crippen LogP contribution is -2.23. The number of carbonyl (C=O) groups is 2. The molecular weight excluding hydrogens is 322 g/mol. The number of hydrogen-bond donors (Lipinski definition) is 4. The molecule has 0 bridgehead atoms. The summed E-state index contributed by atoms with van der Waals surface area (Å²) in [7, 11) is 0. The first kappa shape index (κ1) is 16.0. The SMILES string of the molecule is N#C/C(=N/Nc1nc[nH]c1C(N)=O)C(=O)Nc1ccc(Cl)cc1.